The topological polar surface area (TPSA) is 24.4 Å². The van der Waals surface area contributed by atoms with Crippen molar-refractivity contribution in [2.24, 2.45) is 10.9 Å². The molecule has 0 aromatic heterocycles. The predicted octanol–water partition coefficient (Wildman–Crippen LogP) is 2.12. The molecular weight excluding hydrogens is 168 g/mol. The van der Waals surface area contributed by atoms with Crippen molar-refractivity contribution in [3.8, 4) is 0 Å². The number of nitrogens with one attached hydrogen (secondary N) is 1. The van der Waals surface area contributed by atoms with Crippen LogP contribution in [0.1, 0.15) is 26.7 Å². The maximum absolute atomic E-state index is 4.32. The SMILES string of the molecule is CC(C)CCCNC1=NCCS1. The number of rotatable bonds is 4. The smallest absolute Gasteiger partial charge is 0.156 e. The van der Waals surface area contributed by atoms with Crippen LogP contribution in [-0.4, -0.2) is 24.0 Å². The van der Waals surface area contributed by atoms with Gasteiger partial charge >= 0.3 is 0 Å². The molecule has 1 rings (SSSR count). The summed E-state index contributed by atoms with van der Waals surface area (Å²) in [6, 6.07) is 0. The fraction of sp³-hybridized carbons (Fsp3) is 0.889. The van der Waals surface area contributed by atoms with Crippen molar-refractivity contribution in [2.45, 2.75) is 26.7 Å². The first-order valence-corrected chi connectivity index (χ1v) is 5.68. The van der Waals surface area contributed by atoms with E-state index in [1.165, 1.54) is 12.8 Å². The van der Waals surface area contributed by atoms with Gasteiger partial charge < -0.3 is 5.32 Å². The molecule has 0 fully saturated rings. The summed E-state index contributed by atoms with van der Waals surface area (Å²) in [6.45, 7) is 6.62. The molecule has 70 valence electrons. The molecule has 0 spiro atoms. The third kappa shape index (κ3) is 4.00. The maximum Gasteiger partial charge on any atom is 0.156 e. The summed E-state index contributed by atoms with van der Waals surface area (Å²) >= 11 is 1.84. The third-order valence-electron chi connectivity index (χ3n) is 1.82. The van der Waals surface area contributed by atoms with Gasteiger partial charge in [0.2, 0.25) is 0 Å². The highest BCUT2D eigenvalue weighted by Crippen LogP contribution is 2.09. The third-order valence-corrected chi connectivity index (χ3v) is 2.75. The van der Waals surface area contributed by atoms with E-state index in [1.807, 2.05) is 11.8 Å². The van der Waals surface area contributed by atoms with E-state index in [1.54, 1.807) is 0 Å². The second kappa shape index (κ2) is 5.46. The summed E-state index contributed by atoms with van der Waals surface area (Å²) in [5.74, 6) is 1.98. The van der Waals surface area contributed by atoms with Gasteiger partial charge in [-0.1, -0.05) is 25.6 Å². The van der Waals surface area contributed by atoms with Crippen LogP contribution in [0, 0.1) is 5.92 Å². The summed E-state index contributed by atoms with van der Waals surface area (Å²) in [6.07, 6.45) is 2.57. The van der Waals surface area contributed by atoms with Crippen molar-refractivity contribution < 1.29 is 0 Å². The average Bonchev–Trinajstić information content (AvgIpc) is 2.49. The molecule has 1 aliphatic heterocycles. The summed E-state index contributed by atoms with van der Waals surface area (Å²) in [4.78, 5) is 4.32. The Hall–Kier alpha value is -0.180. The standard InChI is InChI=1S/C9H18N2S/c1-8(2)4-3-5-10-9-11-6-7-12-9/h8H,3-7H2,1-2H3,(H,10,11). The largest absolute Gasteiger partial charge is 0.365 e. The number of nitrogens with zero attached hydrogens (tertiary/aromatic N) is 1. The molecule has 0 aliphatic carbocycles. The molecule has 0 saturated carbocycles. The fourth-order valence-electron chi connectivity index (χ4n) is 1.15. The Labute approximate surface area is 79.2 Å². The van der Waals surface area contributed by atoms with Gasteiger partial charge in [-0.25, -0.2) is 0 Å². The Morgan fingerprint density at radius 2 is 2.42 bits per heavy atom. The number of hydrogen-bond donors (Lipinski definition) is 1. The highest BCUT2D eigenvalue weighted by Gasteiger charge is 2.04. The molecule has 0 aromatic rings. The van der Waals surface area contributed by atoms with Crippen LogP contribution in [0.4, 0.5) is 0 Å². The molecule has 1 N–H and O–H groups in total. The Kier molecular flexibility index (Phi) is 4.51. The van der Waals surface area contributed by atoms with Crippen molar-refractivity contribution in [2.75, 3.05) is 18.8 Å². The monoisotopic (exact) mass is 186 g/mol. The Morgan fingerprint density at radius 1 is 1.58 bits per heavy atom. The van der Waals surface area contributed by atoms with E-state index in [4.69, 9.17) is 0 Å². The van der Waals surface area contributed by atoms with Crippen LogP contribution in [-0.2, 0) is 0 Å². The molecule has 1 aliphatic rings. The van der Waals surface area contributed by atoms with Gasteiger partial charge in [0, 0.05) is 12.3 Å². The summed E-state index contributed by atoms with van der Waals surface area (Å²) < 4.78 is 0. The van der Waals surface area contributed by atoms with E-state index >= 15 is 0 Å². The Bertz CT molecular complexity index is 155. The highest BCUT2D eigenvalue weighted by atomic mass is 32.2. The highest BCUT2D eigenvalue weighted by molar-refractivity contribution is 8.14. The quantitative estimate of drug-likeness (QED) is 0.680. The molecule has 12 heavy (non-hydrogen) atoms. The van der Waals surface area contributed by atoms with Crippen LogP contribution in [0.25, 0.3) is 0 Å². The summed E-state index contributed by atoms with van der Waals surface area (Å²) in [7, 11) is 0. The van der Waals surface area contributed by atoms with Crippen LogP contribution in [0.15, 0.2) is 4.99 Å². The Morgan fingerprint density at radius 3 is 3.00 bits per heavy atom. The van der Waals surface area contributed by atoms with Gasteiger partial charge in [-0.3, -0.25) is 4.99 Å². The second-order valence-electron chi connectivity index (χ2n) is 3.50. The van der Waals surface area contributed by atoms with E-state index in [9.17, 15) is 0 Å². The molecule has 2 nitrogen and oxygen atoms in total. The van der Waals surface area contributed by atoms with Crippen molar-refractivity contribution in [3.63, 3.8) is 0 Å². The van der Waals surface area contributed by atoms with Crippen LogP contribution in [0.3, 0.4) is 0 Å². The zero-order chi connectivity index (χ0) is 8.81. The van der Waals surface area contributed by atoms with E-state index in [-0.39, 0.29) is 0 Å². The van der Waals surface area contributed by atoms with E-state index < -0.39 is 0 Å². The number of hydrogen-bond acceptors (Lipinski definition) is 3. The van der Waals surface area contributed by atoms with Crippen molar-refractivity contribution in [3.05, 3.63) is 0 Å². The lowest BCUT2D eigenvalue weighted by Crippen LogP contribution is -2.20. The molecule has 0 radical (unpaired) electrons. The first-order chi connectivity index (χ1) is 5.79. The molecule has 0 unspecified atom stereocenters. The zero-order valence-electron chi connectivity index (χ0n) is 7.97. The lowest BCUT2D eigenvalue weighted by Gasteiger charge is -2.06. The Balaban J connectivity index is 1.95. The minimum absolute atomic E-state index is 0.824. The lowest BCUT2D eigenvalue weighted by molar-refractivity contribution is 0.552. The van der Waals surface area contributed by atoms with Gasteiger partial charge in [-0.05, 0) is 18.8 Å². The van der Waals surface area contributed by atoms with Crippen LogP contribution in [0.5, 0.6) is 0 Å². The molecule has 0 atom stereocenters. The number of aliphatic imine (C=N–C) groups is 1. The van der Waals surface area contributed by atoms with Gasteiger partial charge in [0.15, 0.2) is 5.17 Å². The first kappa shape index (κ1) is 9.90. The lowest BCUT2D eigenvalue weighted by atomic mass is 10.1. The molecule has 0 aromatic carbocycles. The van der Waals surface area contributed by atoms with Gasteiger partial charge in [0.25, 0.3) is 0 Å². The molecule has 1 heterocycles. The van der Waals surface area contributed by atoms with Gasteiger partial charge in [-0.15, -0.1) is 0 Å². The van der Waals surface area contributed by atoms with Crippen LogP contribution in [0.2, 0.25) is 0 Å². The van der Waals surface area contributed by atoms with E-state index in [2.05, 4.69) is 24.2 Å². The summed E-state index contributed by atoms with van der Waals surface area (Å²) in [5.41, 5.74) is 0. The zero-order valence-corrected chi connectivity index (χ0v) is 8.78. The van der Waals surface area contributed by atoms with Crippen molar-refractivity contribution in [1.29, 1.82) is 0 Å². The van der Waals surface area contributed by atoms with Crippen LogP contribution >= 0.6 is 11.8 Å². The van der Waals surface area contributed by atoms with Crippen LogP contribution < -0.4 is 5.32 Å². The fourth-order valence-corrected chi connectivity index (χ4v) is 1.91. The maximum atomic E-state index is 4.32. The van der Waals surface area contributed by atoms with Gasteiger partial charge in [0.1, 0.15) is 0 Å². The van der Waals surface area contributed by atoms with Crippen molar-refractivity contribution in [1.82, 2.24) is 5.32 Å². The second-order valence-corrected chi connectivity index (χ2v) is 4.58. The van der Waals surface area contributed by atoms with E-state index in [0.717, 1.165) is 29.9 Å². The van der Waals surface area contributed by atoms with Crippen molar-refractivity contribution >= 4 is 16.9 Å². The van der Waals surface area contributed by atoms with E-state index in [0.29, 0.717) is 0 Å². The van der Waals surface area contributed by atoms with Gasteiger partial charge in [0.05, 0.1) is 6.54 Å². The average molecular weight is 186 g/mol. The summed E-state index contributed by atoms with van der Waals surface area (Å²) in [5, 5.41) is 4.50. The van der Waals surface area contributed by atoms with Gasteiger partial charge in [-0.2, -0.15) is 0 Å². The molecule has 0 saturated heterocycles. The molecule has 0 amide bonds. The predicted molar refractivity (Wildman–Crippen MR) is 56.8 cm³/mol. The number of amidine groups is 1. The minimum atomic E-state index is 0.824. The number of thioether (sulfide) groups is 1. The molecule has 0 bridgehead atoms. The molecular formula is C9H18N2S. The molecule has 3 heteroatoms. The first-order valence-electron chi connectivity index (χ1n) is 4.70. The normalized spacial score (nSPS) is 16.8. The minimum Gasteiger partial charge on any atom is -0.365 e.